The number of ketones is 1. The van der Waals surface area contributed by atoms with Crippen molar-refractivity contribution < 1.29 is 9.18 Å². The lowest BCUT2D eigenvalue weighted by Gasteiger charge is -2.06. The third kappa shape index (κ3) is 1.50. The zero-order valence-electron chi connectivity index (χ0n) is 8.01. The Labute approximate surface area is 81.9 Å². The highest BCUT2D eigenvalue weighted by atomic mass is 19.1. The van der Waals surface area contributed by atoms with E-state index in [1.807, 2.05) is 0 Å². The van der Waals surface area contributed by atoms with Crippen LogP contribution in [0.5, 0.6) is 0 Å². The molecule has 0 bridgehead atoms. The van der Waals surface area contributed by atoms with E-state index < -0.39 is 5.82 Å². The maximum absolute atomic E-state index is 13.3. The number of nitrogen functional groups attached to an aromatic ring is 1. The average Bonchev–Trinajstić information content (AvgIpc) is 2.91. The second-order valence-corrected chi connectivity index (χ2v) is 3.79. The number of nitrogens with two attached hydrogens (primary N) is 1. The smallest absolute Gasteiger partial charge is 0.161 e. The topological polar surface area (TPSA) is 43.1 Å². The SMILES string of the molecule is CC(=O)c1cc(C2CC2)cc(F)c1N. The molecule has 14 heavy (non-hydrogen) atoms. The van der Waals surface area contributed by atoms with Crippen molar-refractivity contribution >= 4 is 11.5 Å². The second kappa shape index (κ2) is 3.08. The summed E-state index contributed by atoms with van der Waals surface area (Å²) in [5.41, 5.74) is 6.67. The largest absolute Gasteiger partial charge is 0.396 e. The van der Waals surface area contributed by atoms with E-state index in [2.05, 4.69) is 0 Å². The Balaban J connectivity index is 2.51. The molecule has 2 rings (SSSR count). The van der Waals surface area contributed by atoms with Crippen molar-refractivity contribution in [3.63, 3.8) is 0 Å². The summed E-state index contributed by atoms with van der Waals surface area (Å²) in [6.45, 7) is 1.40. The Hall–Kier alpha value is -1.38. The standard InChI is InChI=1S/C11H12FNO/c1-6(14)9-4-8(7-2-3-7)5-10(12)11(9)13/h4-5,7H,2-3,13H2,1H3. The summed E-state index contributed by atoms with van der Waals surface area (Å²) in [7, 11) is 0. The number of hydrogen-bond donors (Lipinski definition) is 1. The van der Waals surface area contributed by atoms with Crippen LogP contribution in [0.4, 0.5) is 10.1 Å². The summed E-state index contributed by atoms with van der Waals surface area (Å²) in [6.07, 6.45) is 2.17. The number of Topliss-reactive ketones (excluding diaryl/α,β-unsaturated/α-hetero) is 1. The van der Waals surface area contributed by atoms with Gasteiger partial charge in [0.1, 0.15) is 5.82 Å². The molecule has 1 saturated carbocycles. The van der Waals surface area contributed by atoms with Gasteiger partial charge in [0.05, 0.1) is 5.69 Å². The molecule has 0 amide bonds. The fourth-order valence-electron chi connectivity index (χ4n) is 1.58. The highest BCUT2D eigenvalue weighted by molar-refractivity contribution is 5.99. The van der Waals surface area contributed by atoms with Crippen molar-refractivity contribution in [1.29, 1.82) is 0 Å². The number of anilines is 1. The van der Waals surface area contributed by atoms with Crippen molar-refractivity contribution in [3.8, 4) is 0 Å². The number of carbonyl (C=O) groups excluding carboxylic acids is 1. The van der Waals surface area contributed by atoms with Gasteiger partial charge in [-0.05, 0) is 43.4 Å². The molecule has 2 N–H and O–H groups in total. The zero-order valence-corrected chi connectivity index (χ0v) is 8.01. The van der Waals surface area contributed by atoms with E-state index in [9.17, 15) is 9.18 Å². The summed E-state index contributed by atoms with van der Waals surface area (Å²) in [5, 5.41) is 0. The van der Waals surface area contributed by atoms with Gasteiger partial charge in [-0.3, -0.25) is 4.79 Å². The summed E-state index contributed by atoms with van der Waals surface area (Å²) in [4.78, 5) is 11.2. The number of benzene rings is 1. The molecule has 0 aromatic heterocycles. The van der Waals surface area contributed by atoms with Crippen molar-refractivity contribution in [3.05, 3.63) is 29.1 Å². The molecule has 0 aliphatic heterocycles. The Morgan fingerprint density at radius 2 is 2.14 bits per heavy atom. The minimum absolute atomic E-state index is 0.0260. The lowest BCUT2D eigenvalue weighted by molar-refractivity contribution is 0.101. The third-order valence-corrected chi connectivity index (χ3v) is 2.58. The van der Waals surface area contributed by atoms with Crippen molar-refractivity contribution in [1.82, 2.24) is 0 Å². The van der Waals surface area contributed by atoms with E-state index in [0.29, 0.717) is 11.5 Å². The molecule has 0 unspecified atom stereocenters. The van der Waals surface area contributed by atoms with Crippen LogP contribution in [0.15, 0.2) is 12.1 Å². The third-order valence-electron chi connectivity index (χ3n) is 2.58. The summed E-state index contributed by atoms with van der Waals surface area (Å²) in [6, 6.07) is 3.16. The van der Waals surface area contributed by atoms with E-state index >= 15 is 0 Å². The molecule has 74 valence electrons. The highest BCUT2D eigenvalue weighted by Gasteiger charge is 2.25. The minimum Gasteiger partial charge on any atom is -0.396 e. The fourth-order valence-corrected chi connectivity index (χ4v) is 1.58. The quantitative estimate of drug-likeness (QED) is 0.579. The number of rotatable bonds is 2. The predicted octanol–water partition coefficient (Wildman–Crippen LogP) is 2.49. The van der Waals surface area contributed by atoms with E-state index in [-0.39, 0.29) is 11.5 Å². The number of halogens is 1. The molecule has 1 aromatic rings. The van der Waals surface area contributed by atoms with Gasteiger partial charge >= 0.3 is 0 Å². The molecule has 2 nitrogen and oxygen atoms in total. The van der Waals surface area contributed by atoms with Gasteiger partial charge in [0.25, 0.3) is 0 Å². The van der Waals surface area contributed by atoms with E-state index in [4.69, 9.17) is 5.73 Å². The zero-order chi connectivity index (χ0) is 10.3. The first-order chi connectivity index (χ1) is 6.59. The maximum atomic E-state index is 13.3. The normalized spacial score (nSPS) is 15.6. The number of hydrogen-bond acceptors (Lipinski definition) is 2. The van der Waals surface area contributed by atoms with E-state index in [1.165, 1.54) is 13.0 Å². The van der Waals surface area contributed by atoms with Gasteiger partial charge in [0.15, 0.2) is 5.78 Å². The van der Waals surface area contributed by atoms with Crippen LogP contribution >= 0.6 is 0 Å². The van der Waals surface area contributed by atoms with Crippen LogP contribution in [0.25, 0.3) is 0 Å². The Morgan fingerprint density at radius 3 is 2.64 bits per heavy atom. The van der Waals surface area contributed by atoms with Gasteiger partial charge in [-0.15, -0.1) is 0 Å². The lowest BCUT2D eigenvalue weighted by Crippen LogP contribution is -2.03. The van der Waals surface area contributed by atoms with Crippen LogP contribution in [0, 0.1) is 5.82 Å². The van der Waals surface area contributed by atoms with Gasteiger partial charge in [0, 0.05) is 5.56 Å². The van der Waals surface area contributed by atoms with Crippen molar-refractivity contribution in [2.24, 2.45) is 0 Å². The molecular formula is C11H12FNO. The van der Waals surface area contributed by atoms with Crippen LogP contribution in [0.1, 0.15) is 41.6 Å². The molecule has 0 spiro atoms. The first kappa shape index (κ1) is 9.19. The van der Waals surface area contributed by atoms with Crippen molar-refractivity contribution in [2.75, 3.05) is 5.73 Å². The van der Waals surface area contributed by atoms with Gasteiger partial charge < -0.3 is 5.73 Å². The minimum atomic E-state index is -0.473. The van der Waals surface area contributed by atoms with Crippen molar-refractivity contribution in [2.45, 2.75) is 25.7 Å². The summed E-state index contributed by atoms with van der Waals surface area (Å²) >= 11 is 0. The fraction of sp³-hybridized carbons (Fsp3) is 0.364. The number of carbonyl (C=O) groups is 1. The van der Waals surface area contributed by atoms with Crippen LogP contribution in [0.3, 0.4) is 0 Å². The molecular weight excluding hydrogens is 181 g/mol. The Bertz CT molecular complexity index is 397. The van der Waals surface area contributed by atoms with Gasteiger partial charge in [0.2, 0.25) is 0 Å². The molecule has 1 aliphatic carbocycles. The van der Waals surface area contributed by atoms with Crippen LogP contribution in [-0.4, -0.2) is 5.78 Å². The molecule has 1 aromatic carbocycles. The van der Waals surface area contributed by atoms with Gasteiger partial charge in [-0.2, -0.15) is 0 Å². The van der Waals surface area contributed by atoms with Crippen LogP contribution < -0.4 is 5.73 Å². The molecule has 0 saturated heterocycles. The molecule has 1 aliphatic rings. The maximum Gasteiger partial charge on any atom is 0.161 e. The first-order valence-electron chi connectivity index (χ1n) is 4.69. The Kier molecular flexibility index (Phi) is 2.02. The van der Waals surface area contributed by atoms with Crippen LogP contribution in [0.2, 0.25) is 0 Å². The molecule has 0 radical (unpaired) electrons. The van der Waals surface area contributed by atoms with E-state index in [0.717, 1.165) is 18.4 Å². The second-order valence-electron chi connectivity index (χ2n) is 3.79. The molecule has 3 heteroatoms. The monoisotopic (exact) mass is 193 g/mol. The molecule has 0 atom stereocenters. The summed E-state index contributed by atoms with van der Waals surface area (Å²) < 4.78 is 13.3. The Morgan fingerprint density at radius 1 is 1.50 bits per heavy atom. The van der Waals surface area contributed by atoms with Gasteiger partial charge in [-0.25, -0.2) is 4.39 Å². The summed E-state index contributed by atoms with van der Waals surface area (Å²) in [5.74, 6) is -0.216. The first-order valence-corrected chi connectivity index (χ1v) is 4.69. The van der Waals surface area contributed by atoms with Gasteiger partial charge in [-0.1, -0.05) is 0 Å². The van der Waals surface area contributed by atoms with Crippen LogP contribution in [-0.2, 0) is 0 Å². The molecule has 0 heterocycles. The average molecular weight is 193 g/mol. The van der Waals surface area contributed by atoms with E-state index in [1.54, 1.807) is 6.07 Å². The highest BCUT2D eigenvalue weighted by Crippen LogP contribution is 2.41. The lowest BCUT2D eigenvalue weighted by atomic mass is 10.0. The predicted molar refractivity (Wildman–Crippen MR) is 52.8 cm³/mol. The molecule has 1 fully saturated rings.